The molecule has 1 saturated heterocycles. The minimum atomic E-state index is -0.343. The molecule has 1 amide bonds. The van der Waals surface area contributed by atoms with Gasteiger partial charge in [0.2, 0.25) is 11.7 Å². The summed E-state index contributed by atoms with van der Waals surface area (Å²) < 4.78 is 19.6. The highest BCUT2D eigenvalue weighted by Gasteiger charge is 2.29. The molecule has 3 heterocycles. The predicted octanol–water partition coefficient (Wildman–Crippen LogP) is 4.83. The first-order chi connectivity index (χ1) is 16.5. The Morgan fingerprint density at radius 3 is 2.53 bits per heavy atom. The van der Waals surface area contributed by atoms with Crippen molar-refractivity contribution in [3.63, 3.8) is 0 Å². The maximum atomic E-state index is 14.1. The van der Waals surface area contributed by atoms with E-state index in [0.29, 0.717) is 54.2 Å². The second-order valence-corrected chi connectivity index (χ2v) is 9.20. The fourth-order valence-electron chi connectivity index (χ4n) is 3.99. The second-order valence-electron chi connectivity index (χ2n) is 8.34. The molecule has 0 spiro atoms. The number of rotatable bonds is 5. The largest absolute Gasteiger partial charge is 0.337 e. The molecule has 2 aromatic heterocycles. The predicted molar refractivity (Wildman–Crippen MR) is 128 cm³/mol. The smallest absolute Gasteiger partial charge is 0.273 e. The van der Waals surface area contributed by atoms with Gasteiger partial charge >= 0.3 is 0 Å². The fourth-order valence-corrected chi connectivity index (χ4v) is 4.81. The molecule has 0 saturated carbocycles. The van der Waals surface area contributed by atoms with Gasteiger partial charge in [-0.1, -0.05) is 47.1 Å². The van der Waals surface area contributed by atoms with Crippen molar-refractivity contribution in [2.24, 2.45) is 0 Å². The number of aromatic nitrogens is 3. The minimum Gasteiger partial charge on any atom is -0.337 e. The van der Waals surface area contributed by atoms with E-state index in [1.165, 1.54) is 23.0 Å². The number of aryl methyl sites for hydroxylation is 1. The Labute approximate surface area is 200 Å². The van der Waals surface area contributed by atoms with Gasteiger partial charge in [-0.2, -0.15) is 4.98 Å². The number of hydrogen-bond acceptors (Lipinski definition) is 7. The van der Waals surface area contributed by atoms with Crippen LogP contribution in [-0.2, 0) is 0 Å². The van der Waals surface area contributed by atoms with Gasteiger partial charge in [0.25, 0.3) is 5.91 Å². The minimum absolute atomic E-state index is 0.0594. The van der Waals surface area contributed by atoms with E-state index in [1.54, 1.807) is 28.5 Å². The van der Waals surface area contributed by atoms with E-state index < -0.39 is 0 Å². The number of nitrogens with zero attached hydrogens (tertiary/aromatic N) is 5. The molecule has 7 nitrogen and oxygen atoms in total. The van der Waals surface area contributed by atoms with Gasteiger partial charge in [0.05, 0.1) is 6.04 Å². The number of hydrogen-bond donors (Lipinski definition) is 0. The molecule has 5 rings (SSSR count). The highest BCUT2D eigenvalue weighted by molar-refractivity contribution is 7.13. The molecule has 1 fully saturated rings. The summed E-state index contributed by atoms with van der Waals surface area (Å²) in [4.78, 5) is 26.0. The van der Waals surface area contributed by atoms with Gasteiger partial charge in [-0.15, -0.1) is 11.3 Å². The van der Waals surface area contributed by atoms with Crippen molar-refractivity contribution in [3.8, 4) is 22.0 Å². The third kappa shape index (κ3) is 4.49. The van der Waals surface area contributed by atoms with E-state index in [-0.39, 0.29) is 17.8 Å². The number of amides is 1. The van der Waals surface area contributed by atoms with Crippen LogP contribution in [0.25, 0.3) is 22.0 Å². The number of piperazine rings is 1. The Kier molecular flexibility index (Phi) is 6.21. The quantitative estimate of drug-likeness (QED) is 0.410. The van der Waals surface area contributed by atoms with Gasteiger partial charge in [-0.25, -0.2) is 9.37 Å². The first-order valence-electron chi connectivity index (χ1n) is 11.1. The van der Waals surface area contributed by atoms with Crippen molar-refractivity contribution in [1.29, 1.82) is 0 Å². The van der Waals surface area contributed by atoms with Crippen molar-refractivity contribution in [1.82, 2.24) is 24.9 Å². The van der Waals surface area contributed by atoms with Gasteiger partial charge < -0.3 is 9.42 Å². The lowest BCUT2D eigenvalue weighted by atomic mass is 10.1. The van der Waals surface area contributed by atoms with Crippen LogP contribution in [0.15, 0.2) is 58.4 Å². The van der Waals surface area contributed by atoms with Crippen molar-refractivity contribution in [3.05, 3.63) is 76.9 Å². The number of thiazole rings is 1. The summed E-state index contributed by atoms with van der Waals surface area (Å²) in [5.74, 6) is 0.657. The SMILES string of the molecule is Cc1ccc(-c2noc(C(C)N3CCN(C(=O)c4csc(-c5ccccc5F)n4)CC3)n2)cc1. The Morgan fingerprint density at radius 2 is 1.79 bits per heavy atom. The number of halogens is 1. The van der Waals surface area contributed by atoms with Crippen molar-refractivity contribution >= 4 is 17.2 Å². The van der Waals surface area contributed by atoms with Crippen LogP contribution < -0.4 is 0 Å². The molecule has 174 valence electrons. The summed E-state index contributed by atoms with van der Waals surface area (Å²) in [6.07, 6.45) is 0. The van der Waals surface area contributed by atoms with Crippen LogP contribution in [-0.4, -0.2) is 57.0 Å². The first-order valence-corrected chi connectivity index (χ1v) is 12.0. The Bertz CT molecular complexity index is 1290. The Balaban J connectivity index is 1.21. The van der Waals surface area contributed by atoms with E-state index in [4.69, 9.17) is 4.52 Å². The monoisotopic (exact) mass is 477 g/mol. The molecule has 1 atom stereocenters. The summed E-state index contributed by atoms with van der Waals surface area (Å²) in [5.41, 5.74) is 2.86. The second kappa shape index (κ2) is 9.44. The molecule has 4 aromatic rings. The molecule has 9 heteroatoms. The topological polar surface area (TPSA) is 75.4 Å². The molecular formula is C25H24FN5O2S. The molecule has 2 aromatic carbocycles. The Hall–Kier alpha value is -3.43. The molecule has 1 aliphatic rings. The third-order valence-corrected chi connectivity index (χ3v) is 6.96. The van der Waals surface area contributed by atoms with Crippen LogP contribution >= 0.6 is 11.3 Å². The van der Waals surface area contributed by atoms with Crippen molar-refractivity contribution in [2.75, 3.05) is 26.2 Å². The molecular weight excluding hydrogens is 453 g/mol. The first kappa shape index (κ1) is 22.4. The zero-order valence-corrected chi connectivity index (χ0v) is 19.8. The molecule has 0 bridgehead atoms. The Morgan fingerprint density at radius 1 is 1.06 bits per heavy atom. The average molecular weight is 478 g/mol. The standard InChI is InChI=1S/C25H24FN5O2S/c1-16-7-9-18(10-8-16)22-28-23(33-29-22)17(2)30-11-13-31(14-12-30)25(32)21-15-34-24(27-21)19-5-3-4-6-20(19)26/h3-10,15,17H,11-14H2,1-2H3. The van der Waals surface area contributed by atoms with Gasteiger partial charge in [0.1, 0.15) is 16.5 Å². The maximum Gasteiger partial charge on any atom is 0.273 e. The highest BCUT2D eigenvalue weighted by atomic mass is 32.1. The van der Waals surface area contributed by atoms with Gasteiger partial charge in [0, 0.05) is 42.7 Å². The van der Waals surface area contributed by atoms with Crippen molar-refractivity contribution in [2.45, 2.75) is 19.9 Å². The summed E-state index contributed by atoms with van der Waals surface area (Å²) in [6.45, 7) is 6.56. The molecule has 1 aliphatic heterocycles. The van der Waals surface area contributed by atoms with Crippen LogP contribution in [0.2, 0.25) is 0 Å². The number of carbonyl (C=O) groups excluding carboxylic acids is 1. The lowest BCUT2D eigenvalue weighted by Crippen LogP contribution is -2.49. The van der Waals surface area contributed by atoms with E-state index in [9.17, 15) is 9.18 Å². The van der Waals surface area contributed by atoms with E-state index in [1.807, 2.05) is 38.1 Å². The molecule has 34 heavy (non-hydrogen) atoms. The normalized spacial score (nSPS) is 15.4. The lowest BCUT2D eigenvalue weighted by Gasteiger charge is -2.36. The lowest BCUT2D eigenvalue weighted by molar-refractivity contribution is 0.0547. The zero-order valence-electron chi connectivity index (χ0n) is 18.9. The van der Waals surface area contributed by atoms with Crippen LogP contribution in [0, 0.1) is 12.7 Å². The van der Waals surface area contributed by atoms with Gasteiger partial charge in [-0.3, -0.25) is 9.69 Å². The highest BCUT2D eigenvalue weighted by Crippen LogP contribution is 2.28. The van der Waals surface area contributed by atoms with Crippen LogP contribution in [0.3, 0.4) is 0 Å². The van der Waals surface area contributed by atoms with E-state index >= 15 is 0 Å². The van der Waals surface area contributed by atoms with E-state index in [2.05, 4.69) is 20.0 Å². The molecule has 0 radical (unpaired) electrons. The fraction of sp³-hybridized carbons (Fsp3) is 0.280. The van der Waals surface area contributed by atoms with Crippen LogP contribution in [0.4, 0.5) is 4.39 Å². The molecule has 1 unspecified atom stereocenters. The van der Waals surface area contributed by atoms with Crippen molar-refractivity contribution < 1.29 is 13.7 Å². The van der Waals surface area contributed by atoms with Gasteiger partial charge in [0.15, 0.2) is 0 Å². The zero-order chi connectivity index (χ0) is 23.7. The summed E-state index contributed by atoms with van der Waals surface area (Å²) in [7, 11) is 0. The third-order valence-electron chi connectivity index (χ3n) is 6.09. The number of carbonyl (C=O) groups is 1. The molecule has 0 aliphatic carbocycles. The molecule has 0 N–H and O–H groups in total. The van der Waals surface area contributed by atoms with Gasteiger partial charge in [-0.05, 0) is 26.0 Å². The maximum absolute atomic E-state index is 14.1. The van der Waals surface area contributed by atoms with Crippen LogP contribution in [0.1, 0.15) is 34.9 Å². The van der Waals surface area contributed by atoms with E-state index in [0.717, 1.165) is 5.56 Å². The summed E-state index contributed by atoms with van der Waals surface area (Å²) in [6, 6.07) is 14.4. The summed E-state index contributed by atoms with van der Waals surface area (Å²) >= 11 is 1.28. The average Bonchev–Trinajstić information content (AvgIpc) is 3.55. The summed E-state index contributed by atoms with van der Waals surface area (Å²) in [5, 5.41) is 6.34. The number of benzene rings is 2. The van der Waals surface area contributed by atoms with Crippen LogP contribution in [0.5, 0.6) is 0 Å².